The lowest BCUT2D eigenvalue weighted by Gasteiger charge is -2.37. The van der Waals surface area contributed by atoms with Gasteiger partial charge >= 0.3 is 0 Å². The van der Waals surface area contributed by atoms with Gasteiger partial charge in [0.05, 0.1) is 16.8 Å². The monoisotopic (exact) mass is 442 g/mol. The highest BCUT2D eigenvalue weighted by molar-refractivity contribution is 7.22. The second kappa shape index (κ2) is 8.44. The van der Waals surface area contributed by atoms with Crippen LogP contribution in [0.15, 0.2) is 30.3 Å². The van der Waals surface area contributed by atoms with Crippen molar-refractivity contribution in [2.75, 3.05) is 49.6 Å². The standard InChI is InChI=1S/C23H27ClN4OS/c1-15-7-8-18(24)13-19(15)27-9-11-28(12-10-27)20(29)14-26(4)23-25-21-16(2)5-6-17(3)22(21)30-23/h5-8,13H,9-12,14H2,1-4H3. The summed E-state index contributed by atoms with van der Waals surface area (Å²) in [6, 6.07) is 10.2. The molecule has 0 bridgehead atoms. The molecule has 1 aromatic heterocycles. The summed E-state index contributed by atoms with van der Waals surface area (Å²) in [4.78, 5) is 24.0. The van der Waals surface area contributed by atoms with Crippen molar-refractivity contribution >= 4 is 49.9 Å². The maximum Gasteiger partial charge on any atom is 0.242 e. The molecule has 0 radical (unpaired) electrons. The van der Waals surface area contributed by atoms with E-state index in [0.29, 0.717) is 6.54 Å². The smallest absolute Gasteiger partial charge is 0.242 e. The number of hydrogen-bond donors (Lipinski definition) is 0. The van der Waals surface area contributed by atoms with Crippen LogP contribution in [0.1, 0.15) is 16.7 Å². The first-order chi connectivity index (χ1) is 14.3. The number of thiazole rings is 1. The van der Waals surface area contributed by atoms with Gasteiger partial charge < -0.3 is 14.7 Å². The van der Waals surface area contributed by atoms with Crippen LogP contribution in [0.2, 0.25) is 5.02 Å². The predicted molar refractivity (Wildman–Crippen MR) is 127 cm³/mol. The summed E-state index contributed by atoms with van der Waals surface area (Å²) in [5, 5.41) is 1.64. The summed E-state index contributed by atoms with van der Waals surface area (Å²) in [5.74, 6) is 0.146. The number of hydrogen-bond acceptors (Lipinski definition) is 5. The van der Waals surface area contributed by atoms with Gasteiger partial charge in [-0.25, -0.2) is 4.98 Å². The van der Waals surface area contributed by atoms with E-state index in [1.54, 1.807) is 11.3 Å². The fourth-order valence-electron chi connectivity index (χ4n) is 3.90. The van der Waals surface area contributed by atoms with Gasteiger partial charge in [-0.05, 0) is 49.6 Å². The highest BCUT2D eigenvalue weighted by Gasteiger charge is 2.24. The Labute approximate surface area is 186 Å². The Kier molecular flexibility index (Phi) is 5.89. The van der Waals surface area contributed by atoms with E-state index in [2.05, 4.69) is 37.8 Å². The molecule has 0 aliphatic carbocycles. The minimum absolute atomic E-state index is 0.146. The minimum atomic E-state index is 0.146. The number of carbonyl (C=O) groups is 1. The normalized spacial score (nSPS) is 14.4. The molecule has 30 heavy (non-hydrogen) atoms. The zero-order valence-corrected chi connectivity index (χ0v) is 19.5. The van der Waals surface area contributed by atoms with Crippen molar-refractivity contribution < 1.29 is 4.79 Å². The molecular weight excluding hydrogens is 416 g/mol. The summed E-state index contributed by atoms with van der Waals surface area (Å²) in [6.45, 7) is 9.70. The Morgan fingerprint density at radius 2 is 1.73 bits per heavy atom. The second-order valence-corrected chi connectivity index (χ2v) is 9.44. The number of amides is 1. The number of fused-ring (bicyclic) bond motifs is 1. The first-order valence-corrected chi connectivity index (χ1v) is 11.4. The molecule has 1 aliphatic rings. The number of nitrogens with zero attached hydrogens (tertiary/aromatic N) is 4. The van der Waals surface area contributed by atoms with Crippen LogP contribution in [0.4, 0.5) is 10.8 Å². The van der Waals surface area contributed by atoms with Gasteiger partial charge in [-0.2, -0.15) is 0 Å². The molecule has 0 saturated carbocycles. The first kappa shape index (κ1) is 20.9. The molecule has 0 spiro atoms. The van der Waals surface area contributed by atoms with Crippen molar-refractivity contribution in [2.45, 2.75) is 20.8 Å². The van der Waals surface area contributed by atoms with E-state index in [1.165, 1.54) is 21.4 Å². The summed E-state index contributed by atoms with van der Waals surface area (Å²) in [7, 11) is 1.95. The number of halogens is 1. The Morgan fingerprint density at radius 1 is 1.07 bits per heavy atom. The lowest BCUT2D eigenvalue weighted by Crippen LogP contribution is -2.51. The molecule has 2 aromatic carbocycles. The van der Waals surface area contributed by atoms with Crippen molar-refractivity contribution in [1.82, 2.24) is 9.88 Å². The van der Waals surface area contributed by atoms with Gasteiger partial charge in [-0.1, -0.05) is 41.1 Å². The third-order valence-electron chi connectivity index (χ3n) is 5.77. The molecule has 7 heteroatoms. The second-order valence-electron chi connectivity index (χ2n) is 8.03. The van der Waals surface area contributed by atoms with Crippen LogP contribution in [-0.2, 0) is 4.79 Å². The molecule has 4 rings (SSSR count). The molecule has 0 unspecified atom stereocenters. The van der Waals surface area contributed by atoms with Crippen molar-refractivity contribution in [3.05, 3.63) is 52.0 Å². The van der Waals surface area contributed by atoms with Crippen molar-refractivity contribution in [3.63, 3.8) is 0 Å². The summed E-state index contributed by atoms with van der Waals surface area (Å²) in [6.07, 6.45) is 0. The molecule has 2 heterocycles. The molecular formula is C23H27ClN4OS. The van der Waals surface area contributed by atoms with Gasteiger partial charge in [0.1, 0.15) is 0 Å². The van der Waals surface area contributed by atoms with E-state index in [-0.39, 0.29) is 5.91 Å². The molecule has 158 valence electrons. The van der Waals surface area contributed by atoms with Gasteiger partial charge in [-0.15, -0.1) is 0 Å². The van der Waals surface area contributed by atoms with E-state index in [0.717, 1.165) is 47.5 Å². The van der Waals surface area contributed by atoms with Gasteiger partial charge in [0.25, 0.3) is 0 Å². The Bertz CT molecular complexity index is 1050. The van der Waals surface area contributed by atoms with Gasteiger partial charge in [0.15, 0.2) is 5.13 Å². The van der Waals surface area contributed by atoms with Crippen LogP contribution in [0.5, 0.6) is 0 Å². The Hall–Kier alpha value is -2.31. The molecule has 1 amide bonds. The molecule has 5 nitrogen and oxygen atoms in total. The number of anilines is 2. The Balaban J connectivity index is 1.40. The van der Waals surface area contributed by atoms with Crippen molar-refractivity contribution in [3.8, 4) is 0 Å². The molecule has 1 fully saturated rings. The van der Waals surface area contributed by atoms with Gasteiger partial charge in [0, 0.05) is 43.9 Å². The lowest BCUT2D eigenvalue weighted by molar-refractivity contribution is -0.129. The summed E-state index contributed by atoms with van der Waals surface area (Å²) in [5.41, 5.74) is 5.81. The number of aromatic nitrogens is 1. The first-order valence-electron chi connectivity index (χ1n) is 10.2. The number of rotatable bonds is 4. The van der Waals surface area contributed by atoms with Crippen LogP contribution in [0.3, 0.4) is 0 Å². The lowest BCUT2D eigenvalue weighted by atomic mass is 10.1. The third kappa shape index (κ3) is 4.12. The van der Waals surface area contributed by atoms with E-state index in [9.17, 15) is 4.79 Å². The van der Waals surface area contributed by atoms with Gasteiger partial charge in [0.2, 0.25) is 5.91 Å². The molecule has 1 aliphatic heterocycles. The van der Waals surface area contributed by atoms with Crippen LogP contribution in [0, 0.1) is 20.8 Å². The topological polar surface area (TPSA) is 39.7 Å². The average Bonchev–Trinajstić information content (AvgIpc) is 3.20. The Morgan fingerprint density at radius 3 is 2.43 bits per heavy atom. The minimum Gasteiger partial charge on any atom is -0.368 e. The summed E-state index contributed by atoms with van der Waals surface area (Å²) < 4.78 is 1.20. The molecule has 3 aromatic rings. The fourth-order valence-corrected chi connectivity index (χ4v) is 5.14. The van der Waals surface area contributed by atoms with E-state index < -0.39 is 0 Å². The zero-order chi connectivity index (χ0) is 21.4. The van der Waals surface area contributed by atoms with Crippen LogP contribution >= 0.6 is 22.9 Å². The molecule has 0 atom stereocenters. The molecule has 0 N–H and O–H groups in total. The number of likely N-dealkylation sites (N-methyl/N-ethyl adjacent to an activating group) is 1. The van der Waals surface area contributed by atoms with Crippen LogP contribution in [0.25, 0.3) is 10.2 Å². The maximum absolute atomic E-state index is 12.9. The van der Waals surface area contributed by atoms with Gasteiger partial charge in [-0.3, -0.25) is 4.79 Å². The van der Waals surface area contributed by atoms with E-state index >= 15 is 0 Å². The van der Waals surface area contributed by atoms with E-state index in [4.69, 9.17) is 16.6 Å². The quantitative estimate of drug-likeness (QED) is 0.589. The SMILES string of the molecule is Cc1ccc(Cl)cc1N1CCN(C(=O)CN(C)c2nc3c(C)ccc(C)c3s2)CC1. The predicted octanol–water partition coefficient (Wildman–Crippen LogP) is 4.66. The number of piperazine rings is 1. The zero-order valence-electron chi connectivity index (χ0n) is 17.9. The fraction of sp³-hybridized carbons (Fsp3) is 0.391. The largest absolute Gasteiger partial charge is 0.368 e. The highest BCUT2D eigenvalue weighted by atomic mass is 35.5. The van der Waals surface area contributed by atoms with Crippen molar-refractivity contribution in [2.24, 2.45) is 0 Å². The summed E-state index contributed by atoms with van der Waals surface area (Å²) >= 11 is 7.84. The van der Waals surface area contributed by atoms with Crippen LogP contribution < -0.4 is 9.80 Å². The number of aryl methyl sites for hydroxylation is 3. The molecule has 1 saturated heterocycles. The van der Waals surface area contributed by atoms with E-state index in [1.807, 2.05) is 35.0 Å². The number of carbonyl (C=O) groups excluding carboxylic acids is 1. The van der Waals surface area contributed by atoms with Crippen LogP contribution in [-0.4, -0.2) is 55.6 Å². The average molecular weight is 443 g/mol. The maximum atomic E-state index is 12.9. The van der Waals surface area contributed by atoms with Crippen molar-refractivity contribution in [1.29, 1.82) is 0 Å². The third-order valence-corrected chi connectivity index (χ3v) is 7.31. The number of benzene rings is 2. The highest BCUT2D eigenvalue weighted by Crippen LogP contribution is 2.32.